The molecule has 0 saturated heterocycles. The van der Waals surface area contributed by atoms with Gasteiger partial charge in [-0.2, -0.15) is 0 Å². The van der Waals surface area contributed by atoms with Crippen molar-refractivity contribution in [3.8, 4) is 17.1 Å². The van der Waals surface area contributed by atoms with Crippen molar-refractivity contribution in [2.75, 3.05) is 30.9 Å². The number of anilines is 2. The molecular formula is C33H36FN7O2. The van der Waals surface area contributed by atoms with Crippen molar-refractivity contribution in [1.82, 2.24) is 24.1 Å². The molecule has 4 aromatic heterocycles. The number of aromatic nitrogens is 5. The Labute approximate surface area is 249 Å². The number of nitrogens with one attached hydrogen (secondary N) is 1. The predicted molar refractivity (Wildman–Crippen MR) is 165 cm³/mol. The number of fused-ring (bicyclic) bond motifs is 5. The third-order valence-corrected chi connectivity index (χ3v) is 9.26. The van der Waals surface area contributed by atoms with Crippen LogP contribution in [0.2, 0.25) is 0 Å². The third kappa shape index (κ3) is 4.60. The van der Waals surface area contributed by atoms with E-state index in [-0.39, 0.29) is 17.9 Å². The molecule has 0 spiro atoms. The quantitative estimate of drug-likeness (QED) is 0.235. The molecule has 0 unspecified atom stereocenters. The second-order valence-corrected chi connectivity index (χ2v) is 12.0. The topological polar surface area (TPSA) is 89.6 Å². The van der Waals surface area contributed by atoms with E-state index >= 15 is 0 Å². The largest absolute Gasteiger partial charge is 0.466 e. The number of ether oxygens (including phenoxy) is 1. The highest BCUT2D eigenvalue weighted by Crippen LogP contribution is 2.47. The smallest absolute Gasteiger partial charge is 0.311 e. The van der Waals surface area contributed by atoms with Gasteiger partial charge in [-0.25, -0.2) is 18.9 Å². The number of esters is 1. The number of para-hydroxylation sites is 1. The molecule has 5 aromatic rings. The average Bonchev–Trinajstić information content (AvgIpc) is 3.60. The van der Waals surface area contributed by atoms with Crippen molar-refractivity contribution in [3.05, 3.63) is 66.2 Å². The zero-order valence-electron chi connectivity index (χ0n) is 24.9. The van der Waals surface area contributed by atoms with Crippen LogP contribution in [0.15, 0.2) is 54.9 Å². The summed E-state index contributed by atoms with van der Waals surface area (Å²) in [5.74, 6) is 1.81. The average molecular weight is 582 g/mol. The van der Waals surface area contributed by atoms with Crippen LogP contribution in [-0.2, 0) is 9.53 Å². The van der Waals surface area contributed by atoms with Crippen LogP contribution < -0.4 is 10.2 Å². The minimum Gasteiger partial charge on any atom is -0.466 e. The number of benzene rings is 1. The Bertz CT molecular complexity index is 1840. The zero-order chi connectivity index (χ0) is 29.8. The molecule has 1 N–H and O–H groups in total. The molecule has 1 aromatic carbocycles. The summed E-state index contributed by atoms with van der Waals surface area (Å²) in [4.78, 5) is 24.8. The summed E-state index contributed by atoms with van der Waals surface area (Å²) in [5, 5.41) is 9.33. The highest BCUT2D eigenvalue weighted by molar-refractivity contribution is 5.94. The Morgan fingerprint density at radius 1 is 1.12 bits per heavy atom. The molecule has 3 aliphatic carbocycles. The minimum absolute atomic E-state index is 0.0942. The first-order chi connectivity index (χ1) is 20.8. The van der Waals surface area contributed by atoms with E-state index in [9.17, 15) is 9.18 Å². The fourth-order valence-electron chi connectivity index (χ4n) is 7.21. The fourth-order valence-corrected chi connectivity index (χ4v) is 7.21. The van der Waals surface area contributed by atoms with Crippen molar-refractivity contribution in [2.45, 2.75) is 45.6 Å². The molecule has 8 rings (SSSR count). The second-order valence-electron chi connectivity index (χ2n) is 12.0. The first-order valence-corrected chi connectivity index (χ1v) is 15.1. The van der Waals surface area contributed by atoms with Gasteiger partial charge in [-0.3, -0.25) is 4.79 Å². The molecule has 3 saturated carbocycles. The summed E-state index contributed by atoms with van der Waals surface area (Å²) < 4.78 is 24.1. The lowest BCUT2D eigenvalue weighted by molar-refractivity contribution is -0.154. The molecule has 3 fully saturated rings. The molecule has 4 heterocycles. The lowest BCUT2D eigenvalue weighted by Crippen LogP contribution is -2.52. The van der Waals surface area contributed by atoms with Crippen LogP contribution in [-0.4, -0.2) is 56.9 Å². The van der Waals surface area contributed by atoms with Gasteiger partial charge in [0, 0.05) is 43.0 Å². The Hall–Kier alpha value is -4.47. The van der Waals surface area contributed by atoms with E-state index in [1.165, 1.54) is 12.3 Å². The number of carbonyl (C=O) groups is 1. The number of aryl methyl sites for hydroxylation is 1. The van der Waals surface area contributed by atoms with Crippen LogP contribution in [0.1, 0.15) is 38.2 Å². The molecule has 2 atom stereocenters. The second kappa shape index (κ2) is 10.7. The van der Waals surface area contributed by atoms with Gasteiger partial charge in [0.2, 0.25) is 0 Å². The number of hydrogen-bond donors (Lipinski definition) is 1. The molecule has 0 amide bonds. The monoisotopic (exact) mass is 581 g/mol. The summed E-state index contributed by atoms with van der Waals surface area (Å²) >= 11 is 0. The normalized spacial score (nSPS) is 21.4. The van der Waals surface area contributed by atoms with Gasteiger partial charge in [0.05, 0.1) is 18.7 Å². The van der Waals surface area contributed by atoms with E-state index in [2.05, 4.69) is 10.3 Å². The number of hydrogen-bond acceptors (Lipinski definition) is 7. The molecule has 3 aliphatic rings. The summed E-state index contributed by atoms with van der Waals surface area (Å²) in [6.45, 7) is 4.26. The summed E-state index contributed by atoms with van der Waals surface area (Å²) in [6, 6.07) is 13.4. The van der Waals surface area contributed by atoms with Gasteiger partial charge in [0.25, 0.3) is 0 Å². The molecule has 9 nitrogen and oxygen atoms in total. The van der Waals surface area contributed by atoms with Gasteiger partial charge in [-0.05, 0) is 81.2 Å². The zero-order valence-corrected chi connectivity index (χ0v) is 24.9. The standard InChI is InChI=1S/C33H36FN7O2/c1-5-43-33(42)28-20-10-12-21(13-11-20)29(28)36-31-26-14-15-27(39(3)4)41(26)38-30(37-31)24-18-40(25-9-7-6-8-19(25)2)32-23(24)16-22(34)17-35-32/h6-9,14-18,20-21,28-29H,5,10-13H2,1-4H3,(H,36,37,38)/t20?,21?,28-,29-/m1/s1. The van der Waals surface area contributed by atoms with E-state index in [4.69, 9.17) is 14.8 Å². The molecule has 2 bridgehead atoms. The van der Waals surface area contributed by atoms with E-state index in [0.29, 0.717) is 46.7 Å². The highest BCUT2D eigenvalue weighted by Gasteiger charge is 2.48. The maximum Gasteiger partial charge on any atom is 0.311 e. The molecular weight excluding hydrogens is 545 g/mol. The number of rotatable bonds is 7. The third-order valence-electron chi connectivity index (χ3n) is 9.26. The van der Waals surface area contributed by atoms with Crippen molar-refractivity contribution in [3.63, 3.8) is 0 Å². The summed E-state index contributed by atoms with van der Waals surface area (Å²) in [5.41, 5.74) is 4.11. The van der Waals surface area contributed by atoms with Crippen molar-refractivity contribution in [1.29, 1.82) is 0 Å². The maximum atomic E-state index is 14.7. The first-order valence-electron chi connectivity index (χ1n) is 15.1. The van der Waals surface area contributed by atoms with E-state index in [1.807, 2.05) is 84.5 Å². The molecule has 43 heavy (non-hydrogen) atoms. The minimum atomic E-state index is -0.429. The molecule has 0 radical (unpaired) electrons. The van der Waals surface area contributed by atoms with Crippen molar-refractivity contribution < 1.29 is 13.9 Å². The SMILES string of the molecule is CCOC(=O)[C@@H]1C2CCC(CC2)[C@H]1Nc1nc(-c2cn(-c3ccccc3C)c3ncc(F)cc23)nn2c(N(C)C)ccc12. The Kier molecular flexibility index (Phi) is 6.79. The van der Waals surface area contributed by atoms with Gasteiger partial charge < -0.3 is 19.5 Å². The van der Waals surface area contributed by atoms with Crippen LogP contribution in [0.4, 0.5) is 16.0 Å². The van der Waals surface area contributed by atoms with Crippen molar-refractivity contribution >= 4 is 34.2 Å². The van der Waals surface area contributed by atoms with Crippen LogP contribution in [0.3, 0.4) is 0 Å². The van der Waals surface area contributed by atoms with Gasteiger partial charge >= 0.3 is 5.97 Å². The Morgan fingerprint density at radius 3 is 2.63 bits per heavy atom. The lowest BCUT2D eigenvalue weighted by atomic mass is 9.61. The van der Waals surface area contributed by atoms with E-state index in [0.717, 1.165) is 48.3 Å². The fraction of sp³-hybridized carbons (Fsp3) is 0.394. The van der Waals surface area contributed by atoms with Crippen LogP contribution in [0.5, 0.6) is 0 Å². The number of nitrogens with zero attached hydrogens (tertiary/aromatic N) is 6. The number of halogens is 1. The number of carbonyl (C=O) groups excluding carboxylic acids is 1. The summed E-state index contributed by atoms with van der Waals surface area (Å²) in [6.07, 6.45) is 7.42. The van der Waals surface area contributed by atoms with Gasteiger partial charge in [-0.1, -0.05) is 18.2 Å². The van der Waals surface area contributed by atoms with E-state index < -0.39 is 5.82 Å². The summed E-state index contributed by atoms with van der Waals surface area (Å²) in [7, 11) is 3.94. The van der Waals surface area contributed by atoms with Crippen LogP contribution in [0.25, 0.3) is 33.6 Å². The van der Waals surface area contributed by atoms with Crippen molar-refractivity contribution in [2.24, 2.45) is 17.8 Å². The van der Waals surface area contributed by atoms with Gasteiger partial charge in [-0.15, -0.1) is 5.10 Å². The lowest BCUT2D eigenvalue weighted by Gasteiger charge is -2.47. The molecule has 10 heteroatoms. The van der Waals surface area contributed by atoms with E-state index in [1.54, 1.807) is 0 Å². The molecule has 222 valence electrons. The first kappa shape index (κ1) is 27.4. The van der Waals surface area contributed by atoms with Gasteiger partial charge in [0.15, 0.2) is 11.6 Å². The van der Waals surface area contributed by atoms with Crippen LogP contribution >= 0.6 is 0 Å². The van der Waals surface area contributed by atoms with Crippen LogP contribution in [0, 0.1) is 30.5 Å². The molecule has 0 aliphatic heterocycles. The maximum absolute atomic E-state index is 14.7. The number of pyridine rings is 1. The highest BCUT2D eigenvalue weighted by atomic mass is 19.1. The predicted octanol–water partition coefficient (Wildman–Crippen LogP) is 6.03. The Morgan fingerprint density at radius 2 is 1.88 bits per heavy atom. The Balaban J connectivity index is 1.41. The van der Waals surface area contributed by atoms with Gasteiger partial charge in [0.1, 0.15) is 22.8 Å².